The van der Waals surface area contributed by atoms with Crippen LogP contribution in [0.25, 0.3) is 22.1 Å². The predicted octanol–water partition coefficient (Wildman–Crippen LogP) is 2.97. The van der Waals surface area contributed by atoms with Gasteiger partial charge in [0.25, 0.3) is 0 Å². The number of rotatable bonds is 3. The molecule has 0 amide bonds. The molecule has 5 nitrogen and oxygen atoms in total. The highest BCUT2D eigenvalue weighted by Gasteiger charge is 2.17. The third-order valence-corrected chi connectivity index (χ3v) is 3.85. The summed E-state index contributed by atoms with van der Waals surface area (Å²) < 4.78 is 10.9. The molecule has 0 aliphatic heterocycles. The van der Waals surface area contributed by atoms with Crippen LogP contribution in [0.4, 0.5) is 0 Å². The van der Waals surface area contributed by atoms with Crippen molar-refractivity contribution in [2.24, 2.45) is 0 Å². The molecule has 118 valence electrons. The zero-order valence-electron chi connectivity index (χ0n) is 12.8. The molecule has 0 bridgehead atoms. The lowest BCUT2D eigenvalue weighted by Crippen LogP contribution is -2.08. The van der Waals surface area contributed by atoms with Crippen molar-refractivity contribution in [3.8, 4) is 22.6 Å². The van der Waals surface area contributed by atoms with Crippen LogP contribution in [0.15, 0.2) is 45.6 Å². The Bertz CT molecular complexity index is 923. The third kappa shape index (κ3) is 2.45. The van der Waals surface area contributed by atoms with Gasteiger partial charge in [-0.3, -0.25) is 4.79 Å². The fourth-order valence-corrected chi connectivity index (χ4v) is 2.66. The van der Waals surface area contributed by atoms with E-state index in [1.54, 1.807) is 38.3 Å². The Balaban J connectivity index is 2.30. The number of phenols is 1. The first-order valence-electron chi connectivity index (χ1n) is 7.10. The lowest BCUT2D eigenvalue weighted by molar-refractivity contribution is 0.275. The summed E-state index contributed by atoms with van der Waals surface area (Å²) in [7, 11) is 1.58. The molecular formula is C18H16O5. The number of methoxy groups -OCH3 is 1. The van der Waals surface area contributed by atoms with Crippen LogP contribution in [0.5, 0.6) is 11.5 Å². The number of hydrogen-bond acceptors (Lipinski definition) is 5. The number of aromatic hydroxyl groups is 1. The largest absolute Gasteiger partial charge is 0.507 e. The van der Waals surface area contributed by atoms with Gasteiger partial charge in [-0.25, -0.2) is 0 Å². The van der Waals surface area contributed by atoms with Crippen LogP contribution in [-0.4, -0.2) is 17.3 Å². The highest BCUT2D eigenvalue weighted by Crippen LogP contribution is 2.30. The quantitative estimate of drug-likeness (QED) is 0.777. The smallest absolute Gasteiger partial charge is 0.200 e. The maximum atomic E-state index is 12.8. The fourth-order valence-electron chi connectivity index (χ4n) is 2.66. The van der Waals surface area contributed by atoms with Crippen molar-refractivity contribution in [1.82, 2.24) is 0 Å². The molecule has 0 aliphatic rings. The molecule has 3 aromatic rings. The number of fused-ring (bicyclic) bond motifs is 1. The van der Waals surface area contributed by atoms with Crippen LogP contribution in [0.2, 0.25) is 0 Å². The average Bonchev–Trinajstić information content (AvgIpc) is 2.55. The predicted molar refractivity (Wildman–Crippen MR) is 86.8 cm³/mol. The molecule has 23 heavy (non-hydrogen) atoms. The second-order valence-electron chi connectivity index (χ2n) is 5.19. The average molecular weight is 312 g/mol. The van der Waals surface area contributed by atoms with Gasteiger partial charge < -0.3 is 19.4 Å². The summed E-state index contributed by atoms with van der Waals surface area (Å²) in [6.07, 6.45) is 0. The molecule has 0 aliphatic carbocycles. The van der Waals surface area contributed by atoms with E-state index in [0.29, 0.717) is 22.5 Å². The van der Waals surface area contributed by atoms with Crippen molar-refractivity contribution in [3.05, 3.63) is 57.9 Å². The maximum absolute atomic E-state index is 12.8. The highest BCUT2D eigenvalue weighted by molar-refractivity contribution is 5.86. The van der Waals surface area contributed by atoms with Crippen LogP contribution in [0.1, 0.15) is 11.3 Å². The standard InChI is InChI=1S/C18H16O5/c1-10-16(11-3-5-12(22-2)6-4-11)17(21)13-7-8-15(20)14(9-19)18(13)23-10/h3-8,19-20H,9H2,1-2H3. The number of aliphatic hydroxyl groups is 1. The van der Waals surface area contributed by atoms with Gasteiger partial charge in [-0.1, -0.05) is 12.1 Å². The highest BCUT2D eigenvalue weighted by atomic mass is 16.5. The van der Waals surface area contributed by atoms with Crippen LogP contribution < -0.4 is 10.2 Å². The van der Waals surface area contributed by atoms with Crippen LogP contribution in [0.3, 0.4) is 0 Å². The van der Waals surface area contributed by atoms with E-state index in [9.17, 15) is 15.0 Å². The van der Waals surface area contributed by atoms with Crippen molar-refractivity contribution < 1.29 is 19.4 Å². The molecule has 0 radical (unpaired) electrons. The van der Waals surface area contributed by atoms with Gasteiger partial charge in [0.05, 0.1) is 30.2 Å². The topological polar surface area (TPSA) is 79.9 Å². The van der Waals surface area contributed by atoms with Crippen molar-refractivity contribution in [3.63, 3.8) is 0 Å². The van der Waals surface area contributed by atoms with Crippen molar-refractivity contribution in [1.29, 1.82) is 0 Å². The van der Waals surface area contributed by atoms with Crippen molar-refractivity contribution in [2.75, 3.05) is 7.11 Å². The molecule has 0 unspecified atom stereocenters. The number of ether oxygens (including phenoxy) is 1. The van der Waals surface area contributed by atoms with Gasteiger partial charge in [0.1, 0.15) is 22.8 Å². The zero-order chi connectivity index (χ0) is 16.6. The minimum atomic E-state index is -0.409. The first-order chi connectivity index (χ1) is 11.1. The molecule has 0 spiro atoms. The molecule has 3 rings (SSSR count). The van der Waals surface area contributed by atoms with E-state index in [-0.39, 0.29) is 22.3 Å². The Morgan fingerprint density at radius 3 is 2.43 bits per heavy atom. The lowest BCUT2D eigenvalue weighted by Gasteiger charge is -2.10. The van der Waals surface area contributed by atoms with E-state index >= 15 is 0 Å². The summed E-state index contributed by atoms with van der Waals surface area (Å²) in [6.45, 7) is 1.28. The minimum absolute atomic E-state index is 0.0975. The number of aliphatic hydroxyl groups excluding tert-OH is 1. The first-order valence-corrected chi connectivity index (χ1v) is 7.10. The normalized spacial score (nSPS) is 10.9. The Hall–Kier alpha value is -2.79. The Kier molecular flexibility index (Phi) is 3.80. The third-order valence-electron chi connectivity index (χ3n) is 3.85. The van der Waals surface area contributed by atoms with E-state index < -0.39 is 6.61 Å². The van der Waals surface area contributed by atoms with Gasteiger partial charge in [-0.15, -0.1) is 0 Å². The zero-order valence-corrected chi connectivity index (χ0v) is 12.8. The van der Waals surface area contributed by atoms with E-state index in [1.807, 2.05) is 0 Å². The van der Waals surface area contributed by atoms with Gasteiger partial charge in [0.15, 0.2) is 0 Å². The molecule has 1 heterocycles. The summed E-state index contributed by atoms with van der Waals surface area (Å²) in [6, 6.07) is 10.0. The molecule has 0 saturated carbocycles. The van der Waals surface area contributed by atoms with Crippen LogP contribution in [0, 0.1) is 6.92 Å². The van der Waals surface area contributed by atoms with Gasteiger partial charge in [-0.05, 0) is 36.8 Å². The molecule has 0 atom stereocenters. The van der Waals surface area contributed by atoms with Crippen LogP contribution in [-0.2, 0) is 6.61 Å². The van der Waals surface area contributed by atoms with Gasteiger partial charge >= 0.3 is 0 Å². The summed E-state index contributed by atoms with van der Waals surface area (Å²) >= 11 is 0. The summed E-state index contributed by atoms with van der Waals surface area (Å²) in [5.74, 6) is 1.02. The van der Waals surface area contributed by atoms with Crippen molar-refractivity contribution in [2.45, 2.75) is 13.5 Å². The van der Waals surface area contributed by atoms with Crippen LogP contribution >= 0.6 is 0 Å². The number of benzene rings is 2. The minimum Gasteiger partial charge on any atom is -0.507 e. The molecule has 0 saturated heterocycles. The van der Waals surface area contributed by atoms with E-state index in [1.165, 1.54) is 12.1 Å². The molecule has 2 N–H and O–H groups in total. The second kappa shape index (κ2) is 5.78. The molecule has 2 aromatic carbocycles. The van der Waals surface area contributed by atoms with E-state index in [2.05, 4.69) is 0 Å². The van der Waals surface area contributed by atoms with Gasteiger partial charge in [-0.2, -0.15) is 0 Å². The molecule has 5 heteroatoms. The molecule has 0 fully saturated rings. The lowest BCUT2D eigenvalue weighted by atomic mass is 10.0. The summed E-state index contributed by atoms with van der Waals surface area (Å²) in [5, 5.41) is 19.5. The Morgan fingerprint density at radius 1 is 1.13 bits per heavy atom. The van der Waals surface area contributed by atoms with E-state index in [4.69, 9.17) is 9.15 Å². The Morgan fingerprint density at radius 2 is 1.83 bits per heavy atom. The van der Waals surface area contributed by atoms with E-state index in [0.717, 1.165) is 5.56 Å². The number of hydrogen-bond donors (Lipinski definition) is 2. The number of aryl methyl sites for hydroxylation is 1. The van der Waals surface area contributed by atoms with Gasteiger partial charge in [0.2, 0.25) is 5.43 Å². The maximum Gasteiger partial charge on any atom is 0.200 e. The summed E-state index contributed by atoms with van der Waals surface area (Å²) in [4.78, 5) is 12.8. The monoisotopic (exact) mass is 312 g/mol. The van der Waals surface area contributed by atoms with Gasteiger partial charge in [0, 0.05) is 0 Å². The summed E-state index contributed by atoms with van der Waals surface area (Å²) in [5.41, 5.74) is 1.40. The molecular weight excluding hydrogens is 296 g/mol. The first kappa shape index (κ1) is 15.1. The molecule has 1 aromatic heterocycles. The Labute approximate surface area is 132 Å². The fraction of sp³-hybridized carbons (Fsp3) is 0.167. The van der Waals surface area contributed by atoms with Crippen molar-refractivity contribution >= 4 is 11.0 Å². The second-order valence-corrected chi connectivity index (χ2v) is 5.19. The SMILES string of the molecule is COc1ccc(-c2c(C)oc3c(CO)c(O)ccc3c2=O)cc1.